The maximum Gasteiger partial charge on any atom is 0.254 e. The summed E-state index contributed by atoms with van der Waals surface area (Å²) in [5.41, 5.74) is 6.32. The fourth-order valence-electron chi connectivity index (χ4n) is 2.58. The van der Waals surface area contributed by atoms with Crippen LogP contribution in [0.1, 0.15) is 35.4 Å². The van der Waals surface area contributed by atoms with Crippen molar-refractivity contribution >= 4 is 5.91 Å². The standard InChI is InChI=1S/C13H20N2O2/c1-9-5-12(8-17-9)13(16)15-7-11-4-2-3-10(11)6-14/h5,8,10-11H,2-4,6-7,14H2,1H3,(H,15,16). The number of hydrogen-bond acceptors (Lipinski definition) is 3. The van der Waals surface area contributed by atoms with Gasteiger partial charge >= 0.3 is 0 Å². The van der Waals surface area contributed by atoms with Crippen LogP contribution in [0.3, 0.4) is 0 Å². The second-order valence-electron chi connectivity index (χ2n) is 4.84. The van der Waals surface area contributed by atoms with E-state index < -0.39 is 0 Å². The van der Waals surface area contributed by atoms with Gasteiger partial charge in [-0.05, 0) is 44.2 Å². The van der Waals surface area contributed by atoms with E-state index in [1.165, 1.54) is 25.5 Å². The Balaban J connectivity index is 1.84. The zero-order chi connectivity index (χ0) is 12.3. The Labute approximate surface area is 102 Å². The van der Waals surface area contributed by atoms with Gasteiger partial charge < -0.3 is 15.5 Å². The second-order valence-corrected chi connectivity index (χ2v) is 4.84. The van der Waals surface area contributed by atoms with E-state index in [-0.39, 0.29) is 5.91 Å². The number of nitrogens with one attached hydrogen (secondary N) is 1. The molecule has 1 saturated carbocycles. The van der Waals surface area contributed by atoms with E-state index in [1.807, 2.05) is 6.92 Å². The fraction of sp³-hybridized carbons (Fsp3) is 0.615. The average molecular weight is 236 g/mol. The molecule has 0 spiro atoms. The molecule has 0 saturated heterocycles. The van der Waals surface area contributed by atoms with Crippen LogP contribution in [0.4, 0.5) is 0 Å². The van der Waals surface area contributed by atoms with Crippen LogP contribution < -0.4 is 11.1 Å². The van der Waals surface area contributed by atoms with E-state index in [2.05, 4.69) is 5.32 Å². The van der Waals surface area contributed by atoms with Crippen molar-refractivity contribution < 1.29 is 9.21 Å². The van der Waals surface area contributed by atoms with E-state index in [0.717, 1.165) is 18.8 Å². The second kappa shape index (κ2) is 5.36. The largest absolute Gasteiger partial charge is 0.469 e. The van der Waals surface area contributed by atoms with Crippen molar-refractivity contribution in [3.63, 3.8) is 0 Å². The zero-order valence-corrected chi connectivity index (χ0v) is 10.2. The van der Waals surface area contributed by atoms with Crippen LogP contribution in [0, 0.1) is 18.8 Å². The Morgan fingerprint density at radius 2 is 2.29 bits per heavy atom. The monoisotopic (exact) mass is 236 g/mol. The summed E-state index contributed by atoms with van der Waals surface area (Å²) in [6, 6.07) is 1.75. The fourth-order valence-corrected chi connectivity index (χ4v) is 2.58. The van der Waals surface area contributed by atoms with E-state index in [9.17, 15) is 4.79 Å². The molecule has 1 heterocycles. The van der Waals surface area contributed by atoms with Gasteiger partial charge in [0.05, 0.1) is 5.56 Å². The van der Waals surface area contributed by atoms with Gasteiger partial charge in [-0.2, -0.15) is 0 Å². The predicted molar refractivity (Wildman–Crippen MR) is 65.7 cm³/mol. The molecule has 1 fully saturated rings. The summed E-state index contributed by atoms with van der Waals surface area (Å²) < 4.78 is 5.12. The SMILES string of the molecule is Cc1cc(C(=O)NCC2CCCC2CN)co1. The molecular weight excluding hydrogens is 216 g/mol. The summed E-state index contributed by atoms with van der Waals surface area (Å²) in [6.45, 7) is 3.29. The third kappa shape index (κ3) is 2.88. The number of amides is 1. The lowest BCUT2D eigenvalue weighted by Gasteiger charge is -2.17. The Morgan fingerprint density at radius 3 is 2.94 bits per heavy atom. The molecule has 2 unspecified atom stereocenters. The summed E-state index contributed by atoms with van der Waals surface area (Å²) in [6.07, 6.45) is 5.10. The van der Waals surface area contributed by atoms with Gasteiger partial charge in [0, 0.05) is 6.54 Å². The van der Waals surface area contributed by atoms with Crippen molar-refractivity contribution in [3.05, 3.63) is 23.7 Å². The maximum absolute atomic E-state index is 11.8. The van der Waals surface area contributed by atoms with Crippen LogP contribution in [0.5, 0.6) is 0 Å². The van der Waals surface area contributed by atoms with Gasteiger partial charge in [-0.3, -0.25) is 4.79 Å². The van der Waals surface area contributed by atoms with Crippen LogP contribution in [0.2, 0.25) is 0 Å². The number of furan rings is 1. The summed E-state index contributed by atoms with van der Waals surface area (Å²) in [4.78, 5) is 11.8. The van der Waals surface area contributed by atoms with Gasteiger partial charge in [0.1, 0.15) is 12.0 Å². The smallest absolute Gasteiger partial charge is 0.254 e. The van der Waals surface area contributed by atoms with Crippen molar-refractivity contribution in [2.24, 2.45) is 17.6 Å². The van der Waals surface area contributed by atoms with Gasteiger partial charge in [-0.15, -0.1) is 0 Å². The first-order valence-corrected chi connectivity index (χ1v) is 6.24. The summed E-state index contributed by atoms with van der Waals surface area (Å²) in [5, 5.41) is 2.96. The highest BCUT2D eigenvalue weighted by atomic mass is 16.3. The van der Waals surface area contributed by atoms with Crippen LogP contribution in [-0.4, -0.2) is 19.0 Å². The lowest BCUT2D eigenvalue weighted by atomic mass is 9.96. The molecule has 94 valence electrons. The normalized spacial score (nSPS) is 23.9. The first-order valence-electron chi connectivity index (χ1n) is 6.24. The molecule has 3 N–H and O–H groups in total. The minimum absolute atomic E-state index is 0.0514. The highest BCUT2D eigenvalue weighted by Gasteiger charge is 2.26. The van der Waals surface area contributed by atoms with E-state index >= 15 is 0 Å². The minimum atomic E-state index is -0.0514. The molecule has 2 atom stereocenters. The molecule has 2 rings (SSSR count). The molecule has 1 aromatic rings. The molecular formula is C13H20N2O2. The van der Waals surface area contributed by atoms with Gasteiger partial charge in [0.25, 0.3) is 5.91 Å². The van der Waals surface area contributed by atoms with Gasteiger partial charge in [0.15, 0.2) is 0 Å². The van der Waals surface area contributed by atoms with Gasteiger partial charge in [-0.25, -0.2) is 0 Å². The predicted octanol–water partition coefficient (Wildman–Crippen LogP) is 1.69. The Hall–Kier alpha value is -1.29. The summed E-state index contributed by atoms with van der Waals surface area (Å²) in [5.74, 6) is 1.82. The lowest BCUT2D eigenvalue weighted by molar-refractivity contribution is 0.0943. The Kier molecular flexibility index (Phi) is 3.84. The van der Waals surface area contributed by atoms with Crippen molar-refractivity contribution in [1.29, 1.82) is 0 Å². The summed E-state index contributed by atoms with van der Waals surface area (Å²) >= 11 is 0. The third-order valence-electron chi connectivity index (χ3n) is 3.64. The van der Waals surface area contributed by atoms with Crippen LogP contribution in [0.25, 0.3) is 0 Å². The maximum atomic E-state index is 11.8. The van der Waals surface area contributed by atoms with Crippen molar-refractivity contribution in [2.45, 2.75) is 26.2 Å². The quantitative estimate of drug-likeness (QED) is 0.836. The van der Waals surface area contributed by atoms with E-state index in [0.29, 0.717) is 17.4 Å². The van der Waals surface area contributed by atoms with Crippen molar-refractivity contribution in [2.75, 3.05) is 13.1 Å². The lowest BCUT2D eigenvalue weighted by Crippen LogP contribution is -2.32. The van der Waals surface area contributed by atoms with Crippen molar-refractivity contribution in [3.8, 4) is 0 Å². The van der Waals surface area contributed by atoms with Crippen LogP contribution >= 0.6 is 0 Å². The third-order valence-corrected chi connectivity index (χ3v) is 3.64. The number of nitrogens with two attached hydrogens (primary N) is 1. The molecule has 0 aliphatic heterocycles. The number of carbonyl (C=O) groups is 1. The zero-order valence-electron chi connectivity index (χ0n) is 10.2. The Morgan fingerprint density at radius 1 is 1.53 bits per heavy atom. The van der Waals surface area contributed by atoms with Crippen LogP contribution in [-0.2, 0) is 0 Å². The molecule has 1 aromatic heterocycles. The first kappa shape index (κ1) is 12.2. The molecule has 4 nitrogen and oxygen atoms in total. The highest BCUT2D eigenvalue weighted by Crippen LogP contribution is 2.30. The van der Waals surface area contributed by atoms with E-state index in [1.54, 1.807) is 6.07 Å². The topological polar surface area (TPSA) is 68.3 Å². The Bertz CT molecular complexity index is 387. The molecule has 1 aliphatic rings. The number of hydrogen-bond donors (Lipinski definition) is 2. The number of rotatable bonds is 4. The molecule has 4 heteroatoms. The molecule has 17 heavy (non-hydrogen) atoms. The summed E-state index contributed by atoms with van der Waals surface area (Å²) in [7, 11) is 0. The van der Waals surface area contributed by atoms with Crippen molar-refractivity contribution in [1.82, 2.24) is 5.32 Å². The minimum Gasteiger partial charge on any atom is -0.469 e. The molecule has 1 amide bonds. The molecule has 0 bridgehead atoms. The average Bonchev–Trinajstić information content (AvgIpc) is 2.94. The first-order chi connectivity index (χ1) is 8.20. The number of carbonyl (C=O) groups excluding carboxylic acids is 1. The van der Waals surface area contributed by atoms with Crippen LogP contribution in [0.15, 0.2) is 16.7 Å². The molecule has 0 radical (unpaired) electrons. The van der Waals surface area contributed by atoms with Gasteiger partial charge in [0.2, 0.25) is 0 Å². The molecule has 1 aliphatic carbocycles. The van der Waals surface area contributed by atoms with Gasteiger partial charge in [-0.1, -0.05) is 6.42 Å². The highest BCUT2D eigenvalue weighted by molar-refractivity contribution is 5.93. The van der Waals surface area contributed by atoms with E-state index in [4.69, 9.17) is 10.2 Å². The molecule has 0 aromatic carbocycles. The number of aryl methyl sites for hydroxylation is 1.